The third-order valence-electron chi connectivity index (χ3n) is 6.90. The van der Waals surface area contributed by atoms with Gasteiger partial charge in [0.05, 0.1) is 0 Å². The van der Waals surface area contributed by atoms with Crippen LogP contribution in [0.2, 0.25) is 4.75 Å². The van der Waals surface area contributed by atoms with E-state index in [9.17, 15) is 0 Å². The van der Waals surface area contributed by atoms with Crippen molar-refractivity contribution in [3.05, 3.63) is 104 Å². The van der Waals surface area contributed by atoms with Gasteiger partial charge in [-0.15, -0.1) is 0 Å². The van der Waals surface area contributed by atoms with Gasteiger partial charge in [0.2, 0.25) is 0 Å². The van der Waals surface area contributed by atoms with E-state index >= 15 is 0 Å². The van der Waals surface area contributed by atoms with E-state index in [2.05, 4.69) is 111 Å². The number of benzene rings is 3. The van der Waals surface area contributed by atoms with Crippen LogP contribution < -0.4 is 13.2 Å². The molecule has 0 amide bonds. The summed E-state index contributed by atoms with van der Waals surface area (Å²) in [7, 11) is 0. The van der Waals surface area contributed by atoms with E-state index in [1.165, 1.54) is 71.0 Å². The van der Waals surface area contributed by atoms with E-state index in [0.29, 0.717) is 4.75 Å². The third-order valence-corrected chi connectivity index (χ3v) is 18.2. The van der Waals surface area contributed by atoms with Gasteiger partial charge in [-0.3, -0.25) is 0 Å². The Balaban J connectivity index is 1.90. The normalized spacial score (nSPS) is 12.4. The van der Waals surface area contributed by atoms with Crippen LogP contribution in [0.3, 0.4) is 0 Å². The van der Waals surface area contributed by atoms with Crippen LogP contribution in [-0.2, 0) is 0 Å². The number of hydrogen-bond donors (Lipinski definition) is 0. The molecule has 0 aromatic heterocycles. The van der Waals surface area contributed by atoms with E-state index in [1.54, 1.807) is 0 Å². The molecule has 0 saturated heterocycles. The van der Waals surface area contributed by atoms with Crippen molar-refractivity contribution in [2.24, 2.45) is 0 Å². The summed E-state index contributed by atoms with van der Waals surface area (Å²) < 4.78 is 5.13. The van der Waals surface area contributed by atoms with Gasteiger partial charge < -0.3 is 0 Å². The molecule has 0 aliphatic heterocycles. The predicted molar refractivity (Wildman–Crippen MR) is 145 cm³/mol. The molecule has 3 rings (SSSR count). The molecule has 0 heterocycles. The molecule has 3 aromatic rings. The fourth-order valence-corrected chi connectivity index (χ4v) is 16.6. The maximum absolute atomic E-state index is 4.40. The van der Waals surface area contributed by atoms with Crippen LogP contribution in [0.15, 0.2) is 104 Å². The zero-order chi connectivity index (χ0) is 22.5. The molecular weight excluding hydrogens is 445 g/mol. The van der Waals surface area contributed by atoms with Crippen molar-refractivity contribution in [3.63, 3.8) is 0 Å². The summed E-state index contributed by atoms with van der Waals surface area (Å²) in [5, 5.41) is 0. The average Bonchev–Trinajstić information content (AvgIpc) is 2.87. The minimum atomic E-state index is -2.97. The summed E-state index contributed by atoms with van der Waals surface area (Å²) >= 11 is -2.97. The molecule has 0 saturated carbocycles. The Morgan fingerprint density at radius 2 is 0.969 bits per heavy atom. The minimum absolute atomic E-state index is 0.516. The third kappa shape index (κ3) is 6.04. The molecular formula is C31H40Ge. The van der Waals surface area contributed by atoms with E-state index in [0.717, 1.165) is 0 Å². The van der Waals surface area contributed by atoms with Crippen molar-refractivity contribution in [1.29, 1.82) is 0 Å². The van der Waals surface area contributed by atoms with Crippen molar-refractivity contribution >= 4 is 26.5 Å². The molecule has 1 unspecified atom stereocenters. The Hall–Kier alpha value is -2.06. The summed E-state index contributed by atoms with van der Waals surface area (Å²) in [5.41, 5.74) is 0. The van der Waals surface area contributed by atoms with Gasteiger partial charge in [-0.2, -0.15) is 0 Å². The van der Waals surface area contributed by atoms with Gasteiger partial charge in [-0.1, -0.05) is 0 Å². The summed E-state index contributed by atoms with van der Waals surface area (Å²) in [4.78, 5) is 0. The zero-order valence-electron chi connectivity index (χ0n) is 19.9. The summed E-state index contributed by atoms with van der Waals surface area (Å²) in [6.07, 6.45) is 14.5. The summed E-state index contributed by atoms with van der Waals surface area (Å²) in [6.45, 7) is 6.69. The van der Waals surface area contributed by atoms with Crippen molar-refractivity contribution in [1.82, 2.24) is 0 Å². The number of hydrogen-bond acceptors (Lipinski definition) is 0. The quantitative estimate of drug-likeness (QED) is 0.128. The first-order chi connectivity index (χ1) is 15.8. The number of rotatable bonds is 14. The van der Waals surface area contributed by atoms with E-state index < -0.39 is 13.3 Å². The maximum atomic E-state index is 4.40. The Bertz CT molecular complexity index is 789. The van der Waals surface area contributed by atoms with E-state index in [4.69, 9.17) is 0 Å². The standard InChI is InChI=1S/C31H40Ge/c1-3-5-6-7-8-9-10-14-21-28(4-2)32(29-22-15-11-16-23-29,30-24-17-12-18-25-30)31-26-19-13-20-27-31/h4,11-13,15-20,22-28H,2-3,5-10,14,21H2,1H3. The molecule has 0 spiro atoms. The first-order valence-electron chi connectivity index (χ1n) is 12.6. The fraction of sp³-hybridized carbons (Fsp3) is 0.355. The van der Waals surface area contributed by atoms with Crippen LogP contribution >= 0.6 is 0 Å². The molecule has 0 bridgehead atoms. The summed E-state index contributed by atoms with van der Waals surface area (Å²) in [5.74, 6) is 0. The Morgan fingerprint density at radius 1 is 0.594 bits per heavy atom. The number of unbranched alkanes of at least 4 members (excludes halogenated alkanes) is 7. The fourth-order valence-electron chi connectivity index (χ4n) is 5.25. The van der Waals surface area contributed by atoms with E-state index in [-0.39, 0.29) is 0 Å². The van der Waals surface area contributed by atoms with Crippen LogP contribution in [0, 0.1) is 0 Å². The van der Waals surface area contributed by atoms with E-state index in [1.807, 2.05) is 0 Å². The van der Waals surface area contributed by atoms with Gasteiger partial charge in [0.15, 0.2) is 0 Å². The second kappa shape index (κ2) is 13.5. The molecule has 3 aromatic carbocycles. The van der Waals surface area contributed by atoms with Crippen LogP contribution in [0.25, 0.3) is 0 Å². The van der Waals surface area contributed by atoms with Gasteiger partial charge in [-0.05, 0) is 0 Å². The van der Waals surface area contributed by atoms with Crippen molar-refractivity contribution in [3.8, 4) is 0 Å². The predicted octanol–water partition coefficient (Wildman–Crippen LogP) is 7.24. The molecule has 32 heavy (non-hydrogen) atoms. The zero-order valence-corrected chi connectivity index (χ0v) is 22.0. The average molecular weight is 485 g/mol. The van der Waals surface area contributed by atoms with Gasteiger partial charge in [0, 0.05) is 0 Å². The second-order valence-electron chi connectivity index (χ2n) is 9.01. The van der Waals surface area contributed by atoms with Gasteiger partial charge in [0.1, 0.15) is 0 Å². The molecule has 0 fully saturated rings. The Labute approximate surface area is 199 Å². The van der Waals surface area contributed by atoms with Gasteiger partial charge in [0.25, 0.3) is 0 Å². The van der Waals surface area contributed by atoms with Crippen molar-refractivity contribution in [2.75, 3.05) is 0 Å². The van der Waals surface area contributed by atoms with Crippen LogP contribution in [0.5, 0.6) is 0 Å². The SMILES string of the molecule is C=C[CH](CCCCCCCCCC)[Ge]([c]1ccccc1)([c]1ccccc1)[c]1ccccc1. The van der Waals surface area contributed by atoms with Gasteiger partial charge >= 0.3 is 200 Å². The summed E-state index contributed by atoms with van der Waals surface area (Å²) in [6, 6.07) is 34.0. The molecule has 0 radical (unpaired) electrons. The van der Waals surface area contributed by atoms with Crippen LogP contribution in [0.4, 0.5) is 0 Å². The second-order valence-corrected chi connectivity index (χ2v) is 17.6. The van der Waals surface area contributed by atoms with Crippen molar-refractivity contribution < 1.29 is 0 Å². The molecule has 0 aliphatic rings. The topological polar surface area (TPSA) is 0 Å². The van der Waals surface area contributed by atoms with Crippen molar-refractivity contribution in [2.45, 2.75) is 69.5 Å². The number of allylic oxidation sites excluding steroid dienone is 1. The molecule has 0 nitrogen and oxygen atoms in total. The molecule has 0 aliphatic carbocycles. The molecule has 1 heteroatoms. The van der Waals surface area contributed by atoms with Crippen LogP contribution in [0.1, 0.15) is 64.7 Å². The van der Waals surface area contributed by atoms with Gasteiger partial charge in [-0.25, -0.2) is 0 Å². The monoisotopic (exact) mass is 486 g/mol. The first kappa shape index (κ1) is 24.6. The molecule has 168 valence electrons. The first-order valence-corrected chi connectivity index (χ1v) is 17.0. The molecule has 0 N–H and O–H groups in total. The molecule has 1 atom stereocenters. The Morgan fingerprint density at radius 3 is 1.34 bits per heavy atom. The van der Waals surface area contributed by atoms with Crippen LogP contribution in [-0.4, -0.2) is 13.3 Å². The Kier molecular flexibility index (Phi) is 10.4.